The number of nitriles is 1. The van der Waals surface area contributed by atoms with E-state index < -0.39 is 0 Å². The van der Waals surface area contributed by atoms with Gasteiger partial charge < -0.3 is 15.4 Å². The van der Waals surface area contributed by atoms with Crippen LogP contribution in [0, 0.1) is 25.2 Å². The topological polar surface area (TPSA) is 82.9 Å². The van der Waals surface area contributed by atoms with E-state index in [1.54, 1.807) is 19.2 Å². The molecule has 1 heterocycles. The minimum absolute atomic E-state index is 0.554. The highest BCUT2D eigenvalue weighted by atomic mass is 16.5. The van der Waals surface area contributed by atoms with Gasteiger partial charge >= 0.3 is 0 Å². The van der Waals surface area contributed by atoms with Gasteiger partial charge in [0.15, 0.2) is 0 Å². The van der Waals surface area contributed by atoms with Gasteiger partial charge in [-0.1, -0.05) is 18.2 Å². The standard InChI is InChI=1S/C20H19N5O/c1-13-8-9-18(26-3)17(10-13)25-20-11-19(22-14(2)23-20)24-16-7-5-4-6-15(16)12-21/h4-11H,1-3H3,(H2,22,23,24,25). The second-order valence-electron chi connectivity index (χ2n) is 5.80. The molecule has 3 aromatic rings. The van der Waals surface area contributed by atoms with Crippen LogP contribution in [-0.2, 0) is 0 Å². The van der Waals surface area contributed by atoms with Gasteiger partial charge in [0.1, 0.15) is 29.3 Å². The third-order valence-corrected chi connectivity index (χ3v) is 3.77. The fraction of sp³-hybridized carbons (Fsp3) is 0.150. The number of anilines is 4. The predicted octanol–water partition coefficient (Wildman–Crippen LogP) is 4.46. The van der Waals surface area contributed by atoms with Crippen LogP contribution >= 0.6 is 0 Å². The predicted molar refractivity (Wildman–Crippen MR) is 102 cm³/mol. The number of benzene rings is 2. The van der Waals surface area contributed by atoms with Gasteiger partial charge in [0.2, 0.25) is 0 Å². The lowest BCUT2D eigenvalue weighted by Gasteiger charge is -2.13. The number of ether oxygens (including phenoxy) is 1. The molecule has 0 bridgehead atoms. The summed E-state index contributed by atoms with van der Waals surface area (Å²) in [5, 5.41) is 15.7. The molecule has 3 rings (SSSR count). The number of aromatic nitrogens is 2. The Morgan fingerprint density at radius 3 is 2.31 bits per heavy atom. The van der Waals surface area contributed by atoms with E-state index in [4.69, 9.17) is 4.74 Å². The molecule has 130 valence electrons. The molecule has 6 nitrogen and oxygen atoms in total. The fourth-order valence-corrected chi connectivity index (χ4v) is 2.58. The number of nitrogens with one attached hydrogen (secondary N) is 2. The lowest BCUT2D eigenvalue weighted by Crippen LogP contribution is -2.03. The van der Waals surface area contributed by atoms with Crippen molar-refractivity contribution in [2.75, 3.05) is 17.7 Å². The minimum Gasteiger partial charge on any atom is -0.495 e. The van der Waals surface area contributed by atoms with E-state index in [-0.39, 0.29) is 0 Å². The first-order chi connectivity index (χ1) is 12.6. The lowest BCUT2D eigenvalue weighted by atomic mass is 10.2. The van der Waals surface area contributed by atoms with Crippen LogP contribution in [0.1, 0.15) is 17.0 Å². The number of hydrogen-bond acceptors (Lipinski definition) is 6. The molecule has 2 aromatic carbocycles. The molecule has 0 unspecified atom stereocenters. The molecule has 0 fully saturated rings. The van der Waals surface area contributed by atoms with Crippen molar-refractivity contribution in [1.29, 1.82) is 5.26 Å². The highest BCUT2D eigenvalue weighted by Crippen LogP contribution is 2.29. The summed E-state index contributed by atoms with van der Waals surface area (Å²) in [6.45, 7) is 3.84. The first kappa shape index (κ1) is 17.2. The maximum atomic E-state index is 9.24. The summed E-state index contributed by atoms with van der Waals surface area (Å²) < 4.78 is 5.40. The summed E-state index contributed by atoms with van der Waals surface area (Å²) in [5.74, 6) is 2.59. The molecule has 26 heavy (non-hydrogen) atoms. The van der Waals surface area contributed by atoms with Crippen LogP contribution in [0.4, 0.5) is 23.0 Å². The van der Waals surface area contributed by atoms with Crippen LogP contribution in [0.15, 0.2) is 48.5 Å². The van der Waals surface area contributed by atoms with E-state index >= 15 is 0 Å². The Balaban J connectivity index is 1.91. The first-order valence-corrected chi connectivity index (χ1v) is 8.12. The molecule has 0 aliphatic carbocycles. The van der Waals surface area contributed by atoms with E-state index in [0.29, 0.717) is 28.7 Å². The van der Waals surface area contributed by atoms with Crippen molar-refractivity contribution < 1.29 is 4.74 Å². The smallest absolute Gasteiger partial charge is 0.142 e. The zero-order valence-electron chi connectivity index (χ0n) is 14.9. The van der Waals surface area contributed by atoms with Gasteiger partial charge in [-0.2, -0.15) is 5.26 Å². The average Bonchev–Trinajstić information content (AvgIpc) is 2.62. The van der Waals surface area contributed by atoms with Gasteiger partial charge in [-0.25, -0.2) is 9.97 Å². The number of hydrogen-bond donors (Lipinski definition) is 2. The minimum atomic E-state index is 0.554. The van der Waals surface area contributed by atoms with Crippen molar-refractivity contribution in [2.24, 2.45) is 0 Å². The average molecular weight is 345 g/mol. The number of nitrogens with zero attached hydrogens (tertiary/aromatic N) is 3. The number of aryl methyl sites for hydroxylation is 2. The zero-order valence-corrected chi connectivity index (χ0v) is 14.9. The van der Waals surface area contributed by atoms with E-state index in [1.807, 2.05) is 50.2 Å². The van der Waals surface area contributed by atoms with Gasteiger partial charge in [0.05, 0.1) is 24.0 Å². The highest BCUT2D eigenvalue weighted by Gasteiger charge is 2.08. The molecule has 0 radical (unpaired) electrons. The van der Waals surface area contributed by atoms with Gasteiger partial charge in [0.25, 0.3) is 0 Å². The van der Waals surface area contributed by atoms with E-state index in [2.05, 4.69) is 26.7 Å². The molecule has 0 saturated heterocycles. The quantitative estimate of drug-likeness (QED) is 0.710. The van der Waals surface area contributed by atoms with Gasteiger partial charge in [-0.15, -0.1) is 0 Å². The van der Waals surface area contributed by atoms with Crippen LogP contribution in [0.5, 0.6) is 5.75 Å². The second-order valence-corrected chi connectivity index (χ2v) is 5.80. The van der Waals surface area contributed by atoms with Crippen molar-refractivity contribution in [3.63, 3.8) is 0 Å². The van der Waals surface area contributed by atoms with Gasteiger partial charge in [0, 0.05) is 6.07 Å². The van der Waals surface area contributed by atoms with Crippen molar-refractivity contribution in [2.45, 2.75) is 13.8 Å². The number of para-hydroxylation sites is 1. The molecule has 6 heteroatoms. The van der Waals surface area contributed by atoms with Crippen molar-refractivity contribution >= 4 is 23.0 Å². The fourth-order valence-electron chi connectivity index (χ4n) is 2.58. The molecular formula is C20H19N5O. The normalized spacial score (nSPS) is 10.1. The number of methoxy groups -OCH3 is 1. The van der Waals surface area contributed by atoms with Crippen LogP contribution in [-0.4, -0.2) is 17.1 Å². The molecule has 0 spiro atoms. The van der Waals surface area contributed by atoms with E-state index in [9.17, 15) is 5.26 Å². The maximum absolute atomic E-state index is 9.24. The molecule has 0 aliphatic heterocycles. The van der Waals surface area contributed by atoms with Crippen molar-refractivity contribution in [3.8, 4) is 11.8 Å². The summed E-state index contributed by atoms with van der Waals surface area (Å²) >= 11 is 0. The van der Waals surface area contributed by atoms with Gasteiger partial charge in [-0.05, 0) is 43.7 Å². The second kappa shape index (κ2) is 7.53. The summed E-state index contributed by atoms with van der Waals surface area (Å²) in [5.41, 5.74) is 3.19. The summed E-state index contributed by atoms with van der Waals surface area (Å²) in [6.07, 6.45) is 0. The number of rotatable bonds is 5. The largest absolute Gasteiger partial charge is 0.495 e. The van der Waals surface area contributed by atoms with Crippen LogP contribution < -0.4 is 15.4 Å². The lowest BCUT2D eigenvalue weighted by molar-refractivity contribution is 0.416. The Morgan fingerprint density at radius 1 is 0.923 bits per heavy atom. The molecule has 0 amide bonds. The van der Waals surface area contributed by atoms with Crippen molar-refractivity contribution in [1.82, 2.24) is 9.97 Å². The summed E-state index contributed by atoms with van der Waals surface area (Å²) in [7, 11) is 1.63. The van der Waals surface area contributed by atoms with E-state index in [1.165, 1.54) is 0 Å². The molecule has 0 aliphatic rings. The van der Waals surface area contributed by atoms with Gasteiger partial charge in [-0.3, -0.25) is 0 Å². The maximum Gasteiger partial charge on any atom is 0.142 e. The Labute approximate surface area is 152 Å². The Hall–Kier alpha value is -3.59. The molecular weight excluding hydrogens is 326 g/mol. The highest BCUT2D eigenvalue weighted by molar-refractivity contribution is 5.69. The van der Waals surface area contributed by atoms with Crippen LogP contribution in [0.2, 0.25) is 0 Å². The third-order valence-electron chi connectivity index (χ3n) is 3.77. The van der Waals surface area contributed by atoms with Crippen LogP contribution in [0.3, 0.4) is 0 Å². The zero-order chi connectivity index (χ0) is 18.5. The summed E-state index contributed by atoms with van der Waals surface area (Å²) in [4.78, 5) is 8.84. The molecule has 2 N–H and O–H groups in total. The Bertz CT molecular complexity index is 978. The third kappa shape index (κ3) is 3.90. The molecule has 0 atom stereocenters. The Kier molecular flexibility index (Phi) is 4.99. The Morgan fingerprint density at radius 2 is 1.62 bits per heavy atom. The molecule has 1 aromatic heterocycles. The molecule has 0 saturated carbocycles. The monoisotopic (exact) mass is 345 g/mol. The van der Waals surface area contributed by atoms with E-state index in [0.717, 1.165) is 17.0 Å². The van der Waals surface area contributed by atoms with Crippen LogP contribution in [0.25, 0.3) is 0 Å². The summed E-state index contributed by atoms with van der Waals surface area (Å²) in [6, 6.07) is 17.1. The first-order valence-electron chi connectivity index (χ1n) is 8.12. The van der Waals surface area contributed by atoms with Crippen molar-refractivity contribution in [3.05, 3.63) is 65.5 Å². The SMILES string of the molecule is COc1ccc(C)cc1Nc1cc(Nc2ccccc2C#N)nc(C)n1.